The van der Waals surface area contributed by atoms with Crippen LogP contribution in [-0.2, 0) is 4.79 Å². The van der Waals surface area contributed by atoms with Crippen LogP contribution in [0.25, 0.3) is 0 Å². The lowest BCUT2D eigenvalue weighted by atomic mass is 10.1. The van der Waals surface area contributed by atoms with Gasteiger partial charge in [0.15, 0.2) is 0 Å². The fraction of sp³-hybridized carbons (Fsp3) is 0.533. The number of benzene rings is 1. The molecule has 0 saturated heterocycles. The van der Waals surface area contributed by atoms with Gasteiger partial charge in [0, 0.05) is 12.5 Å². The van der Waals surface area contributed by atoms with Gasteiger partial charge in [0.2, 0.25) is 5.91 Å². The van der Waals surface area contributed by atoms with Gasteiger partial charge < -0.3 is 15.2 Å². The molecule has 1 aliphatic rings. The number of aliphatic hydroxyl groups is 1. The van der Waals surface area contributed by atoms with Crippen LogP contribution in [0.5, 0.6) is 5.75 Å². The number of nitrogens with one attached hydrogen (secondary N) is 1. The Bertz CT molecular complexity index is 452. The lowest BCUT2D eigenvalue weighted by Gasteiger charge is -2.15. The van der Waals surface area contributed by atoms with Crippen LogP contribution < -0.4 is 10.1 Å². The normalized spacial score (nSPS) is 21.7. The molecule has 1 saturated carbocycles. The first-order valence-corrected chi connectivity index (χ1v) is 7.36. The summed E-state index contributed by atoms with van der Waals surface area (Å²) in [6.45, 7) is 0.842. The summed E-state index contributed by atoms with van der Waals surface area (Å²) >= 11 is 5.95. The molecule has 4 nitrogen and oxygen atoms in total. The summed E-state index contributed by atoms with van der Waals surface area (Å²) in [6.07, 6.45) is 2.88. The fourth-order valence-electron chi connectivity index (χ4n) is 2.40. The first kappa shape index (κ1) is 15.1. The van der Waals surface area contributed by atoms with Crippen LogP contribution in [0.15, 0.2) is 24.3 Å². The quantitative estimate of drug-likeness (QED) is 0.847. The van der Waals surface area contributed by atoms with Gasteiger partial charge in [0.25, 0.3) is 0 Å². The molecule has 1 aromatic rings. The van der Waals surface area contributed by atoms with Crippen molar-refractivity contribution in [3.63, 3.8) is 0 Å². The number of para-hydroxylation sites is 1. The molecule has 2 unspecified atom stereocenters. The second kappa shape index (κ2) is 7.50. The number of rotatable bonds is 6. The molecule has 20 heavy (non-hydrogen) atoms. The monoisotopic (exact) mass is 297 g/mol. The summed E-state index contributed by atoms with van der Waals surface area (Å²) in [5.74, 6) is 0.729. The Labute approximate surface area is 124 Å². The van der Waals surface area contributed by atoms with Gasteiger partial charge in [-0.3, -0.25) is 4.79 Å². The Morgan fingerprint density at radius 2 is 2.20 bits per heavy atom. The zero-order valence-corrected chi connectivity index (χ0v) is 12.1. The van der Waals surface area contributed by atoms with Gasteiger partial charge >= 0.3 is 0 Å². The SMILES string of the molecule is O=C(CCOc1ccccc1Cl)NCC1CCCC1O. The van der Waals surface area contributed by atoms with Crippen molar-refractivity contribution < 1.29 is 14.6 Å². The number of hydrogen-bond acceptors (Lipinski definition) is 3. The number of amides is 1. The average molecular weight is 298 g/mol. The molecule has 1 aliphatic carbocycles. The van der Waals surface area contributed by atoms with E-state index >= 15 is 0 Å². The number of carbonyl (C=O) groups is 1. The standard InChI is InChI=1S/C15H20ClNO3/c16-12-5-1-2-7-14(12)20-9-8-15(19)17-10-11-4-3-6-13(11)18/h1-2,5,7,11,13,18H,3-4,6,8-10H2,(H,17,19). The van der Waals surface area contributed by atoms with Crippen LogP contribution in [0, 0.1) is 5.92 Å². The van der Waals surface area contributed by atoms with Gasteiger partial charge in [-0.2, -0.15) is 0 Å². The van der Waals surface area contributed by atoms with E-state index in [2.05, 4.69) is 5.32 Å². The zero-order valence-electron chi connectivity index (χ0n) is 11.3. The molecule has 1 fully saturated rings. The highest BCUT2D eigenvalue weighted by atomic mass is 35.5. The minimum absolute atomic E-state index is 0.0591. The third kappa shape index (κ3) is 4.39. The molecule has 0 bridgehead atoms. The number of aliphatic hydroxyl groups excluding tert-OH is 1. The Balaban J connectivity index is 1.64. The molecule has 0 heterocycles. The largest absolute Gasteiger partial charge is 0.491 e. The van der Waals surface area contributed by atoms with Gasteiger partial charge in [-0.25, -0.2) is 0 Å². The molecular weight excluding hydrogens is 278 g/mol. The van der Waals surface area contributed by atoms with E-state index in [1.807, 2.05) is 12.1 Å². The Hall–Kier alpha value is -1.26. The van der Waals surface area contributed by atoms with Crippen molar-refractivity contribution >= 4 is 17.5 Å². The van der Waals surface area contributed by atoms with Crippen molar-refractivity contribution in [1.29, 1.82) is 0 Å². The summed E-state index contributed by atoms with van der Waals surface area (Å²) in [4.78, 5) is 11.7. The van der Waals surface area contributed by atoms with E-state index < -0.39 is 0 Å². The van der Waals surface area contributed by atoms with E-state index in [1.165, 1.54) is 0 Å². The summed E-state index contributed by atoms with van der Waals surface area (Å²) in [6, 6.07) is 7.19. The third-order valence-electron chi connectivity index (χ3n) is 3.60. The van der Waals surface area contributed by atoms with Crippen LogP contribution in [-0.4, -0.2) is 30.3 Å². The molecule has 1 amide bonds. The summed E-state index contributed by atoms with van der Waals surface area (Å²) in [7, 11) is 0. The molecule has 0 aromatic heterocycles. The molecule has 110 valence electrons. The maximum absolute atomic E-state index is 11.7. The number of halogens is 1. The third-order valence-corrected chi connectivity index (χ3v) is 3.92. The van der Waals surface area contributed by atoms with Crippen LogP contribution in [0.2, 0.25) is 5.02 Å². The lowest BCUT2D eigenvalue weighted by molar-refractivity contribution is -0.121. The van der Waals surface area contributed by atoms with Crippen LogP contribution in [0.3, 0.4) is 0 Å². The van der Waals surface area contributed by atoms with Gasteiger partial charge in [-0.15, -0.1) is 0 Å². The zero-order chi connectivity index (χ0) is 14.4. The second-order valence-electron chi connectivity index (χ2n) is 5.09. The van der Waals surface area contributed by atoms with Gasteiger partial charge in [-0.1, -0.05) is 30.2 Å². The predicted octanol–water partition coefficient (Wildman–Crippen LogP) is 2.39. The van der Waals surface area contributed by atoms with E-state index in [0.29, 0.717) is 23.9 Å². The first-order chi connectivity index (χ1) is 9.66. The van der Waals surface area contributed by atoms with Crippen molar-refractivity contribution in [3.8, 4) is 5.75 Å². The molecule has 2 N–H and O–H groups in total. The molecule has 5 heteroatoms. The highest BCUT2D eigenvalue weighted by Gasteiger charge is 2.25. The van der Waals surface area contributed by atoms with Crippen molar-refractivity contribution in [2.75, 3.05) is 13.2 Å². The van der Waals surface area contributed by atoms with E-state index in [-0.39, 0.29) is 24.3 Å². The van der Waals surface area contributed by atoms with Crippen molar-refractivity contribution in [2.45, 2.75) is 31.8 Å². The second-order valence-corrected chi connectivity index (χ2v) is 5.50. The Morgan fingerprint density at radius 3 is 2.90 bits per heavy atom. The molecule has 1 aromatic carbocycles. The number of ether oxygens (including phenoxy) is 1. The van der Waals surface area contributed by atoms with E-state index in [4.69, 9.17) is 16.3 Å². The summed E-state index contributed by atoms with van der Waals surface area (Å²) < 4.78 is 5.46. The van der Waals surface area contributed by atoms with Crippen LogP contribution in [0.1, 0.15) is 25.7 Å². The number of hydrogen-bond donors (Lipinski definition) is 2. The highest BCUT2D eigenvalue weighted by molar-refractivity contribution is 6.32. The van der Waals surface area contributed by atoms with E-state index in [9.17, 15) is 9.90 Å². The smallest absolute Gasteiger partial charge is 0.223 e. The van der Waals surface area contributed by atoms with E-state index in [1.54, 1.807) is 12.1 Å². The number of carbonyl (C=O) groups excluding carboxylic acids is 1. The molecule has 2 rings (SSSR count). The topological polar surface area (TPSA) is 58.6 Å². The molecule has 0 spiro atoms. The van der Waals surface area contributed by atoms with Crippen LogP contribution >= 0.6 is 11.6 Å². The molecule has 0 radical (unpaired) electrons. The van der Waals surface area contributed by atoms with Gasteiger partial charge in [-0.05, 0) is 25.0 Å². The summed E-state index contributed by atoms with van der Waals surface area (Å²) in [5.41, 5.74) is 0. The maximum atomic E-state index is 11.7. The van der Waals surface area contributed by atoms with Crippen molar-refractivity contribution in [2.24, 2.45) is 5.92 Å². The minimum atomic E-state index is -0.269. The maximum Gasteiger partial charge on any atom is 0.223 e. The van der Waals surface area contributed by atoms with Crippen molar-refractivity contribution in [1.82, 2.24) is 5.32 Å². The molecule has 0 aliphatic heterocycles. The van der Waals surface area contributed by atoms with E-state index in [0.717, 1.165) is 19.3 Å². The molecular formula is C15H20ClNO3. The predicted molar refractivity (Wildman–Crippen MR) is 77.9 cm³/mol. The lowest BCUT2D eigenvalue weighted by Crippen LogP contribution is -2.33. The highest BCUT2D eigenvalue weighted by Crippen LogP contribution is 2.25. The van der Waals surface area contributed by atoms with Crippen molar-refractivity contribution in [3.05, 3.63) is 29.3 Å². The first-order valence-electron chi connectivity index (χ1n) is 6.99. The Kier molecular flexibility index (Phi) is 5.68. The fourth-order valence-corrected chi connectivity index (χ4v) is 2.59. The summed E-state index contributed by atoms with van der Waals surface area (Å²) in [5, 5.41) is 13.1. The Morgan fingerprint density at radius 1 is 1.40 bits per heavy atom. The van der Waals surface area contributed by atoms with Gasteiger partial charge in [0.05, 0.1) is 24.2 Å². The van der Waals surface area contributed by atoms with Gasteiger partial charge in [0.1, 0.15) is 5.75 Å². The minimum Gasteiger partial charge on any atom is -0.491 e. The average Bonchev–Trinajstić information content (AvgIpc) is 2.84. The molecule has 2 atom stereocenters. The van der Waals surface area contributed by atoms with Crippen LogP contribution in [0.4, 0.5) is 0 Å².